The Bertz CT molecular complexity index is 823. The summed E-state index contributed by atoms with van der Waals surface area (Å²) in [4.78, 5) is 30.9. The fourth-order valence-corrected chi connectivity index (χ4v) is 4.39. The van der Waals surface area contributed by atoms with Gasteiger partial charge in [0.25, 0.3) is 5.91 Å². The minimum Gasteiger partial charge on any atom is -0.349 e. The molecule has 1 saturated carbocycles. The summed E-state index contributed by atoms with van der Waals surface area (Å²) in [5.74, 6) is 0.809. The number of nitrogens with zero attached hydrogens (tertiary/aromatic N) is 5. The van der Waals surface area contributed by atoms with E-state index < -0.39 is 0 Å². The second kappa shape index (κ2) is 9.15. The highest BCUT2D eigenvalue weighted by Crippen LogP contribution is 2.28. The number of rotatable bonds is 5. The van der Waals surface area contributed by atoms with E-state index >= 15 is 0 Å². The van der Waals surface area contributed by atoms with Gasteiger partial charge >= 0.3 is 0 Å². The first kappa shape index (κ1) is 19.5. The Labute approximate surface area is 170 Å². The maximum atomic E-state index is 12.6. The van der Waals surface area contributed by atoms with Crippen LogP contribution in [0.1, 0.15) is 67.2 Å². The van der Waals surface area contributed by atoms with Crippen LogP contribution in [0.25, 0.3) is 0 Å². The number of carbonyl (C=O) groups is 2. The van der Waals surface area contributed by atoms with Crippen LogP contribution in [0.15, 0.2) is 30.9 Å². The monoisotopic (exact) mass is 396 g/mol. The van der Waals surface area contributed by atoms with Crippen LogP contribution < -0.4 is 5.32 Å². The van der Waals surface area contributed by atoms with Gasteiger partial charge in [0, 0.05) is 43.0 Å². The Morgan fingerprint density at radius 1 is 1.03 bits per heavy atom. The number of pyridine rings is 1. The lowest BCUT2D eigenvalue weighted by Crippen LogP contribution is -2.43. The van der Waals surface area contributed by atoms with Crippen molar-refractivity contribution in [2.75, 3.05) is 13.1 Å². The topological polar surface area (TPSA) is 93.0 Å². The molecule has 1 aliphatic heterocycles. The molecule has 29 heavy (non-hydrogen) atoms. The molecule has 0 spiro atoms. The third-order valence-electron chi connectivity index (χ3n) is 6.12. The van der Waals surface area contributed by atoms with Gasteiger partial charge in [-0.3, -0.25) is 14.6 Å². The van der Waals surface area contributed by atoms with Crippen molar-refractivity contribution in [3.63, 3.8) is 0 Å². The van der Waals surface area contributed by atoms with Crippen LogP contribution in [0, 0.1) is 5.92 Å². The van der Waals surface area contributed by atoms with Crippen molar-refractivity contribution in [1.29, 1.82) is 0 Å². The van der Waals surface area contributed by atoms with Crippen molar-refractivity contribution in [3.05, 3.63) is 42.2 Å². The van der Waals surface area contributed by atoms with Crippen LogP contribution in [0.4, 0.5) is 0 Å². The number of carbonyl (C=O) groups excluding carboxylic acids is 2. The molecule has 154 valence electrons. The fraction of sp³-hybridized carbons (Fsp3) is 0.571. The lowest BCUT2D eigenvalue weighted by Gasteiger charge is -2.31. The van der Waals surface area contributed by atoms with E-state index in [-0.39, 0.29) is 17.7 Å². The molecule has 1 aliphatic carbocycles. The van der Waals surface area contributed by atoms with Gasteiger partial charge in [-0.25, -0.2) is 0 Å². The fourth-order valence-electron chi connectivity index (χ4n) is 4.39. The van der Waals surface area contributed by atoms with E-state index in [0.29, 0.717) is 44.1 Å². The third-order valence-corrected chi connectivity index (χ3v) is 6.12. The Balaban J connectivity index is 1.27. The third kappa shape index (κ3) is 4.63. The number of nitrogens with one attached hydrogen (secondary N) is 1. The average Bonchev–Trinajstić information content (AvgIpc) is 3.27. The van der Waals surface area contributed by atoms with Gasteiger partial charge in [0.05, 0.1) is 6.54 Å². The molecule has 0 aromatic carbocycles. The SMILES string of the molecule is O=C(NCc1nncn1C1CCCCC1)C1CCN(C(=O)c2ccncc2)CC1. The van der Waals surface area contributed by atoms with E-state index in [4.69, 9.17) is 0 Å². The number of piperidine rings is 1. The minimum absolute atomic E-state index is 0.00634. The van der Waals surface area contributed by atoms with Gasteiger partial charge in [0.2, 0.25) is 5.91 Å². The van der Waals surface area contributed by atoms with Gasteiger partial charge in [-0.15, -0.1) is 10.2 Å². The first-order chi connectivity index (χ1) is 14.2. The predicted molar refractivity (Wildman–Crippen MR) is 107 cm³/mol. The van der Waals surface area contributed by atoms with Gasteiger partial charge in [-0.05, 0) is 37.8 Å². The molecule has 8 nitrogen and oxygen atoms in total. The summed E-state index contributed by atoms with van der Waals surface area (Å²) >= 11 is 0. The van der Waals surface area contributed by atoms with Crippen LogP contribution in [0.3, 0.4) is 0 Å². The molecule has 1 saturated heterocycles. The molecular formula is C21H28N6O2. The molecule has 1 N–H and O–H groups in total. The highest BCUT2D eigenvalue weighted by Gasteiger charge is 2.28. The lowest BCUT2D eigenvalue weighted by molar-refractivity contribution is -0.126. The molecule has 3 heterocycles. The average molecular weight is 396 g/mol. The maximum absolute atomic E-state index is 12.6. The van der Waals surface area contributed by atoms with Crippen LogP contribution in [-0.2, 0) is 11.3 Å². The Morgan fingerprint density at radius 2 is 1.76 bits per heavy atom. The van der Waals surface area contributed by atoms with Gasteiger partial charge < -0.3 is 14.8 Å². The van der Waals surface area contributed by atoms with Gasteiger partial charge in [0.1, 0.15) is 6.33 Å². The van der Waals surface area contributed by atoms with E-state index in [1.165, 1.54) is 19.3 Å². The van der Waals surface area contributed by atoms with E-state index in [1.807, 2.05) is 4.90 Å². The number of hydrogen-bond donors (Lipinski definition) is 1. The number of hydrogen-bond acceptors (Lipinski definition) is 5. The molecule has 8 heteroatoms. The number of likely N-dealkylation sites (tertiary alicyclic amines) is 1. The highest BCUT2D eigenvalue weighted by molar-refractivity contribution is 5.94. The maximum Gasteiger partial charge on any atom is 0.253 e. The second-order valence-corrected chi connectivity index (χ2v) is 7.97. The molecule has 2 aliphatic rings. The number of amides is 2. The molecule has 4 rings (SSSR count). The largest absolute Gasteiger partial charge is 0.349 e. The molecule has 0 atom stereocenters. The quantitative estimate of drug-likeness (QED) is 0.837. The van der Waals surface area contributed by atoms with Crippen molar-refractivity contribution < 1.29 is 9.59 Å². The molecule has 0 bridgehead atoms. The van der Waals surface area contributed by atoms with Crippen LogP contribution in [0.2, 0.25) is 0 Å². The zero-order valence-corrected chi connectivity index (χ0v) is 16.7. The summed E-state index contributed by atoms with van der Waals surface area (Å²) < 4.78 is 2.13. The second-order valence-electron chi connectivity index (χ2n) is 7.97. The summed E-state index contributed by atoms with van der Waals surface area (Å²) in [6.07, 6.45) is 12.5. The summed E-state index contributed by atoms with van der Waals surface area (Å²) in [7, 11) is 0. The molecule has 0 radical (unpaired) electrons. The van der Waals surface area contributed by atoms with Crippen molar-refractivity contribution in [2.45, 2.75) is 57.5 Å². The van der Waals surface area contributed by atoms with Gasteiger partial charge in [-0.1, -0.05) is 19.3 Å². The summed E-state index contributed by atoms with van der Waals surface area (Å²) in [6.45, 7) is 1.60. The van der Waals surface area contributed by atoms with Crippen molar-refractivity contribution in [1.82, 2.24) is 30.0 Å². The van der Waals surface area contributed by atoms with Crippen molar-refractivity contribution in [2.24, 2.45) is 5.92 Å². The van der Waals surface area contributed by atoms with Crippen molar-refractivity contribution in [3.8, 4) is 0 Å². The van der Waals surface area contributed by atoms with E-state index in [9.17, 15) is 9.59 Å². The van der Waals surface area contributed by atoms with E-state index in [2.05, 4.69) is 25.1 Å². The molecule has 2 aromatic rings. The Kier molecular flexibility index (Phi) is 6.17. The first-order valence-corrected chi connectivity index (χ1v) is 10.6. The van der Waals surface area contributed by atoms with Gasteiger partial charge in [0.15, 0.2) is 5.82 Å². The molecule has 2 aromatic heterocycles. The first-order valence-electron chi connectivity index (χ1n) is 10.6. The molecule has 0 unspecified atom stereocenters. The molecular weight excluding hydrogens is 368 g/mol. The zero-order chi connectivity index (χ0) is 20.1. The summed E-state index contributed by atoms with van der Waals surface area (Å²) in [5.41, 5.74) is 0.643. The van der Waals surface area contributed by atoms with E-state index in [1.54, 1.807) is 30.9 Å². The predicted octanol–water partition coefficient (Wildman–Crippen LogP) is 2.35. The number of aromatic nitrogens is 4. The standard InChI is InChI=1S/C21H28N6O2/c28-20(23-14-19-25-24-15-27(19)18-4-2-1-3-5-18)16-8-12-26(13-9-16)21(29)17-6-10-22-11-7-17/h6-7,10-11,15-16,18H,1-5,8-9,12-14H2,(H,23,28). The Hall–Kier alpha value is -2.77. The summed E-state index contributed by atoms with van der Waals surface area (Å²) in [6, 6.07) is 3.90. The van der Waals surface area contributed by atoms with Crippen LogP contribution in [0.5, 0.6) is 0 Å². The zero-order valence-electron chi connectivity index (χ0n) is 16.7. The van der Waals surface area contributed by atoms with Crippen molar-refractivity contribution >= 4 is 11.8 Å². The lowest BCUT2D eigenvalue weighted by atomic mass is 9.95. The normalized spacial score (nSPS) is 18.6. The minimum atomic E-state index is -0.0671. The highest BCUT2D eigenvalue weighted by atomic mass is 16.2. The smallest absolute Gasteiger partial charge is 0.253 e. The molecule has 2 amide bonds. The van der Waals surface area contributed by atoms with Crippen LogP contribution >= 0.6 is 0 Å². The van der Waals surface area contributed by atoms with E-state index in [0.717, 1.165) is 18.7 Å². The molecule has 2 fully saturated rings. The summed E-state index contributed by atoms with van der Waals surface area (Å²) in [5, 5.41) is 11.3. The Morgan fingerprint density at radius 3 is 2.48 bits per heavy atom. The van der Waals surface area contributed by atoms with Crippen LogP contribution in [-0.4, -0.2) is 49.6 Å². The van der Waals surface area contributed by atoms with Gasteiger partial charge in [-0.2, -0.15) is 0 Å².